The zero-order valence-electron chi connectivity index (χ0n) is 17.3. The van der Waals surface area contributed by atoms with Gasteiger partial charge >= 0.3 is 0 Å². The molecule has 0 aromatic heterocycles. The van der Waals surface area contributed by atoms with E-state index in [4.69, 9.17) is 14.2 Å². The molecule has 2 aromatic rings. The van der Waals surface area contributed by atoms with Crippen LogP contribution in [-0.4, -0.2) is 48.2 Å². The van der Waals surface area contributed by atoms with Gasteiger partial charge in [0, 0.05) is 31.3 Å². The molecule has 0 saturated carbocycles. The molecule has 0 aliphatic carbocycles. The molecule has 1 atom stereocenters. The minimum Gasteiger partial charge on any atom is -0.494 e. The van der Waals surface area contributed by atoms with Gasteiger partial charge in [-0.1, -0.05) is 0 Å². The van der Waals surface area contributed by atoms with Gasteiger partial charge in [0.1, 0.15) is 5.75 Å². The summed E-state index contributed by atoms with van der Waals surface area (Å²) in [4.78, 5) is 14.2. The maximum absolute atomic E-state index is 12.7. The Morgan fingerprint density at radius 3 is 2.40 bits per heavy atom. The Hall–Kier alpha value is -2.78. The molecule has 9 heteroatoms. The normalized spacial score (nSPS) is 16.6. The second-order valence-corrected chi connectivity index (χ2v) is 8.64. The van der Waals surface area contributed by atoms with Crippen LogP contribution in [0.4, 0.5) is 5.69 Å². The number of hydrogen-bond donors (Lipinski definition) is 1. The molecule has 0 spiro atoms. The summed E-state index contributed by atoms with van der Waals surface area (Å²) in [6, 6.07) is 11.7. The standard InChI is InChI=1S/C21H26N2O6S/c1-4-29-17-7-5-16(6-8-17)23-14-15(11-21(23)24)13-22-30(25,26)18-9-10-19(27-2)20(12-18)28-3/h5-10,12,15,22H,4,11,13-14H2,1-3H3/t15-/m0/s1. The van der Waals surface area contributed by atoms with Crippen molar-refractivity contribution >= 4 is 21.6 Å². The van der Waals surface area contributed by atoms with E-state index >= 15 is 0 Å². The summed E-state index contributed by atoms with van der Waals surface area (Å²) in [6.45, 7) is 3.09. The predicted octanol–water partition coefficient (Wildman–Crippen LogP) is 2.43. The highest BCUT2D eigenvalue weighted by Gasteiger charge is 2.31. The molecular weight excluding hydrogens is 408 g/mol. The molecule has 1 aliphatic heterocycles. The van der Waals surface area contributed by atoms with Crippen LogP contribution in [0.15, 0.2) is 47.4 Å². The molecule has 0 unspecified atom stereocenters. The van der Waals surface area contributed by atoms with Crippen molar-refractivity contribution in [3.63, 3.8) is 0 Å². The third-order valence-corrected chi connectivity index (χ3v) is 6.31. The van der Waals surface area contributed by atoms with E-state index < -0.39 is 10.0 Å². The highest BCUT2D eigenvalue weighted by Crippen LogP contribution is 2.30. The molecule has 3 rings (SSSR count). The lowest BCUT2D eigenvalue weighted by atomic mass is 10.1. The Bertz CT molecular complexity index is 991. The number of ether oxygens (including phenoxy) is 3. The van der Waals surface area contributed by atoms with Crippen LogP contribution in [0.25, 0.3) is 0 Å². The summed E-state index contributed by atoms with van der Waals surface area (Å²) < 4.78 is 43.7. The van der Waals surface area contributed by atoms with E-state index in [1.807, 2.05) is 31.2 Å². The number of methoxy groups -OCH3 is 2. The van der Waals surface area contributed by atoms with Crippen LogP contribution in [0.2, 0.25) is 0 Å². The number of hydrogen-bond acceptors (Lipinski definition) is 6. The van der Waals surface area contributed by atoms with Crippen molar-refractivity contribution in [2.45, 2.75) is 18.2 Å². The maximum Gasteiger partial charge on any atom is 0.240 e. The Morgan fingerprint density at radius 1 is 1.07 bits per heavy atom. The summed E-state index contributed by atoms with van der Waals surface area (Å²) in [5.74, 6) is 1.36. The van der Waals surface area contributed by atoms with Gasteiger partial charge in [0.15, 0.2) is 11.5 Å². The van der Waals surface area contributed by atoms with Crippen molar-refractivity contribution < 1.29 is 27.4 Å². The number of nitrogens with one attached hydrogen (secondary N) is 1. The monoisotopic (exact) mass is 434 g/mol. The molecule has 1 heterocycles. The van der Waals surface area contributed by atoms with Gasteiger partial charge in [0.2, 0.25) is 15.9 Å². The van der Waals surface area contributed by atoms with E-state index in [9.17, 15) is 13.2 Å². The summed E-state index contributed by atoms with van der Waals surface area (Å²) in [5, 5.41) is 0. The third kappa shape index (κ3) is 4.85. The number of nitrogens with zero attached hydrogens (tertiary/aromatic N) is 1. The van der Waals surface area contributed by atoms with E-state index in [1.54, 1.807) is 11.0 Å². The van der Waals surface area contributed by atoms with E-state index in [0.717, 1.165) is 11.4 Å². The topological polar surface area (TPSA) is 94.2 Å². The van der Waals surface area contributed by atoms with E-state index in [2.05, 4.69) is 4.72 Å². The SMILES string of the molecule is CCOc1ccc(N2C[C@H](CNS(=O)(=O)c3ccc(OC)c(OC)c3)CC2=O)cc1. The van der Waals surface area contributed by atoms with Gasteiger partial charge in [-0.2, -0.15) is 0 Å². The van der Waals surface area contributed by atoms with Gasteiger partial charge in [-0.3, -0.25) is 4.79 Å². The number of sulfonamides is 1. The fourth-order valence-corrected chi connectivity index (χ4v) is 4.48. The number of rotatable bonds is 9. The average molecular weight is 435 g/mol. The van der Waals surface area contributed by atoms with Crippen LogP contribution in [0.3, 0.4) is 0 Å². The summed E-state index contributed by atoms with van der Waals surface area (Å²) in [5.41, 5.74) is 0.772. The lowest BCUT2D eigenvalue weighted by Crippen LogP contribution is -2.31. The van der Waals surface area contributed by atoms with Crippen LogP contribution < -0.4 is 23.8 Å². The molecule has 1 saturated heterocycles. The van der Waals surface area contributed by atoms with Gasteiger partial charge in [0.05, 0.1) is 25.7 Å². The van der Waals surface area contributed by atoms with Crippen molar-refractivity contribution in [2.75, 3.05) is 38.8 Å². The first-order valence-electron chi connectivity index (χ1n) is 9.63. The van der Waals surface area contributed by atoms with Crippen LogP contribution >= 0.6 is 0 Å². The van der Waals surface area contributed by atoms with Crippen LogP contribution in [0.5, 0.6) is 17.2 Å². The van der Waals surface area contributed by atoms with Gasteiger partial charge in [-0.05, 0) is 49.2 Å². The summed E-state index contributed by atoms with van der Waals surface area (Å²) >= 11 is 0. The van der Waals surface area contributed by atoms with E-state index in [0.29, 0.717) is 24.7 Å². The van der Waals surface area contributed by atoms with Gasteiger partial charge < -0.3 is 19.1 Å². The number of amides is 1. The Labute approximate surface area is 176 Å². The first-order valence-corrected chi connectivity index (χ1v) is 11.1. The van der Waals surface area contributed by atoms with Crippen molar-refractivity contribution in [3.05, 3.63) is 42.5 Å². The number of benzene rings is 2. The fourth-order valence-electron chi connectivity index (χ4n) is 3.35. The van der Waals surface area contributed by atoms with Gasteiger partial charge in [0.25, 0.3) is 0 Å². The number of carbonyl (C=O) groups excluding carboxylic acids is 1. The van der Waals surface area contributed by atoms with Crippen molar-refractivity contribution in [1.29, 1.82) is 0 Å². The maximum atomic E-state index is 12.7. The number of anilines is 1. The van der Waals surface area contributed by atoms with Gasteiger partial charge in [-0.25, -0.2) is 13.1 Å². The van der Waals surface area contributed by atoms with Gasteiger partial charge in [-0.15, -0.1) is 0 Å². The molecule has 0 radical (unpaired) electrons. The Balaban J connectivity index is 1.64. The molecule has 8 nitrogen and oxygen atoms in total. The summed E-state index contributed by atoms with van der Waals surface area (Å²) in [6.07, 6.45) is 0.279. The average Bonchev–Trinajstić information content (AvgIpc) is 3.13. The quantitative estimate of drug-likeness (QED) is 0.652. The molecule has 2 aromatic carbocycles. The molecule has 1 aliphatic rings. The molecule has 1 amide bonds. The first kappa shape index (κ1) is 21.9. The second-order valence-electron chi connectivity index (χ2n) is 6.87. The van der Waals surface area contributed by atoms with Crippen LogP contribution in [0, 0.1) is 5.92 Å². The summed E-state index contributed by atoms with van der Waals surface area (Å²) in [7, 11) is -0.819. The predicted molar refractivity (Wildman–Crippen MR) is 113 cm³/mol. The fraction of sp³-hybridized carbons (Fsp3) is 0.381. The lowest BCUT2D eigenvalue weighted by Gasteiger charge is -2.17. The molecular formula is C21H26N2O6S. The Morgan fingerprint density at radius 2 is 1.77 bits per heavy atom. The van der Waals surface area contributed by atoms with Crippen molar-refractivity contribution in [1.82, 2.24) is 4.72 Å². The smallest absolute Gasteiger partial charge is 0.240 e. The molecule has 30 heavy (non-hydrogen) atoms. The largest absolute Gasteiger partial charge is 0.494 e. The molecule has 1 N–H and O–H groups in total. The van der Waals surface area contributed by atoms with Crippen molar-refractivity contribution in [2.24, 2.45) is 5.92 Å². The molecule has 1 fully saturated rings. The Kier molecular flexibility index (Phi) is 6.84. The zero-order valence-corrected chi connectivity index (χ0v) is 18.1. The highest BCUT2D eigenvalue weighted by atomic mass is 32.2. The molecule has 162 valence electrons. The zero-order chi connectivity index (χ0) is 21.7. The third-order valence-electron chi connectivity index (χ3n) is 4.89. The molecule has 0 bridgehead atoms. The number of carbonyl (C=O) groups is 1. The highest BCUT2D eigenvalue weighted by molar-refractivity contribution is 7.89. The van der Waals surface area contributed by atoms with Crippen LogP contribution in [0.1, 0.15) is 13.3 Å². The first-order chi connectivity index (χ1) is 14.4. The van der Waals surface area contributed by atoms with E-state index in [-0.39, 0.29) is 29.7 Å². The second kappa shape index (κ2) is 9.36. The van der Waals surface area contributed by atoms with Crippen LogP contribution in [-0.2, 0) is 14.8 Å². The minimum absolute atomic E-state index is 0.0329. The van der Waals surface area contributed by atoms with E-state index in [1.165, 1.54) is 26.4 Å². The minimum atomic E-state index is -3.75. The lowest BCUT2D eigenvalue weighted by molar-refractivity contribution is -0.117. The van der Waals surface area contributed by atoms with Crippen molar-refractivity contribution in [3.8, 4) is 17.2 Å².